The topological polar surface area (TPSA) is 64.4 Å². The Morgan fingerprint density at radius 1 is 1.47 bits per heavy atom. The predicted molar refractivity (Wildman–Crippen MR) is 76.1 cm³/mol. The second kappa shape index (κ2) is 6.98. The van der Waals surface area contributed by atoms with Crippen molar-refractivity contribution in [3.8, 4) is 0 Å². The minimum atomic E-state index is -0.347. The van der Waals surface area contributed by atoms with Gasteiger partial charge in [-0.25, -0.2) is 0 Å². The highest BCUT2D eigenvalue weighted by molar-refractivity contribution is 9.10. The Morgan fingerprint density at radius 2 is 2.32 bits per heavy atom. The molecule has 1 aromatic carbocycles. The number of hydrogen-bond donors (Lipinski definition) is 1. The van der Waals surface area contributed by atoms with Gasteiger partial charge < -0.3 is 10.1 Å². The van der Waals surface area contributed by atoms with E-state index in [-0.39, 0.29) is 16.7 Å². The summed E-state index contributed by atoms with van der Waals surface area (Å²) in [6.07, 6.45) is 3.63. The Morgan fingerprint density at radius 3 is 3.00 bits per heavy atom. The highest BCUT2D eigenvalue weighted by Gasteiger charge is 2.16. The molecule has 1 unspecified atom stereocenters. The average molecular weight is 329 g/mol. The van der Waals surface area contributed by atoms with Gasteiger partial charge in [-0.3, -0.25) is 10.1 Å². The summed E-state index contributed by atoms with van der Waals surface area (Å²) in [5.74, 6) is 0. The van der Waals surface area contributed by atoms with E-state index in [0.717, 1.165) is 30.5 Å². The van der Waals surface area contributed by atoms with Crippen LogP contribution in [0.5, 0.6) is 0 Å². The highest BCUT2D eigenvalue weighted by Crippen LogP contribution is 2.23. The summed E-state index contributed by atoms with van der Waals surface area (Å²) < 4.78 is 6.46. The molecule has 0 saturated carbocycles. The van der Waals surface area contributed by atoms with Crippen LogP contribution in [0, 0.1) is 10.1 Å². The van der Waals surface area contributed by atoms with Gasteiger partial charge >= 0.3 is 0 Å². The third kappa shape index (κ3) is 4.26. The van der Waals surface area contributed by atoms with E-state index < -0.39 is 0 Å². The first-order chi connectivity index (χ1) is 9.16. The van der Waals surface area contributed by atoms with Crippen molar-refractivity contribution in [1.29, 1.82) is 0 Å². The zero-order valence-electron chi connectivity index (χ0n) is 10.6. The summed E-state index contributed by atoms with van der Waals surface area (Å²) in [5.41, 5.74) is 0.843. The first-order valence-electron chi connectivity index (χ1n) is 6.42. The molecule has 1 aromatic rings. The smallest absolute Gasteiger partial charge is 0.273 e. The molecule has 104 valence electrons. The Kier molecular flexibility index (Phi) is 5.30. The van der Waals surface area contributed by atoms with Crippen LogP contribution in [-0.2, 0) is 11.3 Å². The third-order valence-corrected chi connectivity index (χ3v) is 3.69. The molecular formula is C13H17BrN2O3. The van der Waals surface area contributed by atoms with Crippen molar-refractivity contribution in [1.82, 2.24) is 5.32 Å². The molecule has 0 radical (unpaired) electrons. The van der Waals surface area contributed by atoms with E-state index in [4.69, 9.17) is 4.74 Å². The minimum absolute atomic E-state index is 0.153. The monoisotopic (exact) mass is 328 g/mol. The second-order valence-electron chi connectivity index (χ2n) is 4.65. The number of halogens is 1. The van der Waals surface area contributed by atoms with E-state index in [1.807, 2.05) is 0 Å². The minimum Gasteiger partial charge on any atom is -0.377 e. The Balaban J connectivity index is 1.91. The van der Waals surface area contributed by atoms with E-state index >= 15 is 0 Å². The van der Waals surface area contributed by atoms with E-state index in [9.17, 15) is 10.1 Å². The molecule has 1 fully saturated rings. The summed E-state index contributed by atoms with van der Waals surface area (Å²) >= 11 is 3.34. The van der Waals surface area contributed by atoms with Crippen molar-refractivity contribution >= 4 is 21.6 Å². The molecule has 0 bridgehead atoms. The molecule has 0 aliphatic carbocycles. The fraction of sp³-hybridized carbons (Fsp3) is 0.538. The molecule has 1 N–H and O–H groups in total. The molecule has 5 nitrogen and oxygen atoms in total. The van der Waals surface area contributed by atoms with Gasteiger partial charge in [-0.15, -0.1) is 0 Å². The van der Waals surface area contributed by atoms with Gasteiger partial charge in [0, 0.05) is 35.8 Å². The lowest BCUT2D eigenvalue weighted by Crippen LogP contribution is -2.31. The lowest BCUT2D eigenvalue weighted by Gasteiger charge is -2.22. The fourth-order valence-electron chi connectivity index (χ4n) is 2.21. The largest absolute Gasteiger partial charge is 0.377 e. The van der Waals surface area contributed by atoms with Gasteiger partial charge in [-0.05, 0) is 31.4 Å². The molecule has 2 rings (SSSR count). The first-order valence-corrected chi connectivity index (χ1v) is 7.21. The van der Waals surface area contributed by atoms with E-state index in [2.05, 4.69) is 21.2 Å². The molecule has 1 aliphatic heterocycles. The van der Waals surface area contributed by atoms with Crippen molar-refractivity contribution < 1.29 is 9.66 Å². The maximum atomic E-state index is 10.9. The quantitative estimate of drug-likeness (QED) is 0.666. The van der Waals surface area contributed by atoms with Crippen LogP contribution in [0.25, 0.3) is 0 Å². The van der Waals surface area contributed by atoms with Crippen LogP contribution < -0.4 is 5.32 Å². The number of ether oxygens (including phenoxy) is 1. The van der Waals surface area contributed by atoms with Crippen molar-refractivity contribution in [2.75, 3.05) is 13.2 Å². The Hall–Kier alpha value is -0.980. The van der Waals surface area contributed by atoms with Crippen molar-refractivity contribution in [3.63, 3.8) is 0 Å². The van der Waals surface area contributed by atoms with Gasteiger partial charge in [-0.2, -0.15) is 0 Å². The summed E-state index contributed by atoms with van der Waals surface area (Å²) in [6, 6.07) is 5.00. The predicted octanol–water partition coefficient (Wildman–Crippen LogP) is 3.02. The second-order valence-corrected chi connectivity index (χ2v) is 5.57. The first kappa shape index (κ1) is 14.4. The standard InChI is InChI=1S/C13H17BrN2O3/c14-11-4-5-13(16(17)18)10(7-11)8-15-9-12-3-1-2-6-19-12/h4-5,7,12,15H,1-3,6,8-9H2. The molecule has 1 aliphatic rings. The molecule has 0 aromatic heterocycles. The molecular weight excluding hydrogens is 312 g/mol. The number of nitro benzene ring substituents is 1. The van der Waals surface area contributed by atoms with Crippen LogP contribution in [0.2, 0.25) is 0 Å². The maximum Gasteiger partial charge on any atom is 0.273 e. The average Bonchev–Trinajstić information content (AvgIpc) is 2.39. The molecule has 1 saturated heterocycles. The van der Waals surface area contributed by atoms with Crippen LogP contribution in [0.1, 0.15) is 24.8 Å². The van der Waals surface area contributed by atoms with Gasteiger partial charge in [0.05, 0.1) is 11.0 Å². The zero-order valence-corrected chi connectivity index (χ0v) is 12.2. The maximum absolute atomic E-state index is 10.9. The summed E-state index contributed by atoms with van der Waals surface area (Å²) in [5, 5.41) is 14.2. The van der Waals surface area contributed by atoms with Crippen molar-refractivity contribution in [2.24, 2.45) is 0 Å². The van der Waals surface area contributed by atoms with E-state index in [1.165, 1.54) is 12.5 Å². The van der Waals surface area contributed by atoms with Crippen LogP contribution in [0.15, 0.2) is 22.7 Å². The Labute approximate surface area is 120 Å². The lowest BCUT2D eigenvalue weighted by molar-refractivity contribution is -0.385. The number of nitrogens with one attached hydrogen (secondary N) is 1. The summed E-state index contributed by atoms with van der Waals surface area (Å²) in [6.45, 7) is 2.04. The van der Waals surface area contributed by atoms with Crippen molar-refractivity contribution in [3.05, 3.63) is 38.3 Å². The lowest BCUT2D eigenvalue weighted by atomic mass is 10.1. The molecule has 0 amide bonds. The third-order valence-electron chi connectivity index (χ3n) is 3.20. The van der Waals surface area contributed by atoms with E-state index in [1.54, 1.807) is 12.1 Å². The molecule has 19 heavy (non-hydrogen) atoms. The van der Waals surface area contributed by atoms with Gasteiger partial charge in [0.25, 0.3) is 5.69 Å². The zero-order chi connectivity index (χ0) is 13.7. The van der Waals surface area contributed by atoms with Gasteiger partial charge in [0.15, 0.2) is 0 Å². The van der Waals surface area contributed by atoms with Crippen LogP contribution >= 0.6 is 15.9 Å². The van der Waals surface area contributed by atoms with Crippen LogP contribution in [-0.4, -0.2) is 24.2 Å². The SMILES string of the molecule is O=[N+]([O-])c1ccc(Br)cc1CNCC1CCCCO1. The molecule has 1 heterocycles. The fourth-order valence-corrected chi connectivity index (χ4v) is 2.62. The van der Waals surface area contributed by atoms with Gasteiger partial charge in [0.1, 0.15) is 0 Å². The number of nitro groups is 1. The van der Waals surface area contributed by atoms with Crippen molar-refractivity contribution in [2.45, 2.75) is 31.9 Å². The number of rotatable bonds is 5. The molecule has 1 atom stereocenters. The molecule has 6 heteroatoms. The van der Waals surface area contributed by atoms with E-state index in [0.29, 0.717) is 12.1 Å². The highest BCUT2D eigenvalue weighted by atomic mass is 79.9. The van der Waals surface area contributed by atoms with Gasteiger partial charge in [0.2, 0.25) is 0 Å². The number of nitrogens with zero attached hydrogens (tertiary/aromatic N) is 1. The van der Waals surface area contributed by atoms with Crippen LogP contribution in [0.3, 0.4) is 0 Å². The summed E-state index contributed by atoms with van der Waals surface area (Å²) in [4.78, 5) is 10.6. The van der Waals surface area contributed by atoms with Gasteiger partial charge in [-0.1, -0.05) is 15.9 Å². The van der Waals surface area contributed by atoms with Crippen LogP contribution in [0.4, 0.5) is 5.69 Å². The number of hydrogen-bond acceptors (Lipinski definition) is 4. The normalized spacial score (nSPS) is 19.3. The summed E-state index contributed by atoms with van der Waals surface area (Å²) in [7, 11) is 0. The Bertz CT molecular complexity index is 448. The molecule has 0 spiro atoms. The number of benzene rings is 1.